The van der Waals surface area contributed by atoms with Crippen LogP contribution in [0.4, 0.5) is 0 Å². The molecule has 2 nitrogen and oxygen atoms in total. The summed E-state index contributed by atoms with van der Waals surface area (Å²) in [6, 6.07) is 5.52. The van der Waals surface area contributed by atoms with E-state index in [9.17, 15) is 4.79 Å². The maximum Gasteiger partial charge on any atom is 0.141 e. The second-order valence-electron chi connectivity index (χ2n) is 3.52. The first-order valence-electron chi connectivity index (χ1n) is 4.71. The van der Waals surface area contributed by atoms with Gasteiger partial charge in [0.1, 0.15) is 5.78 Å². The van der Waals surface area contributed by atoms with Crippen LogP contribution in [0.2, 0.25) is 5.02 Å². The van der Waals surface area contributed by atoms with E-state index in [4.69, 9.17) is 17.3 Å². The number of benzene rings is 1. The molecule has 1 aromatic rings. The van der Waals surface area contributed by atoms with Crippen LogP contribution in [0, 0.1) is 5.92 Å². The second kappa shape index (κ2) is 5.64. The van der Waals surface area contributed by atoms with Crippen LogP contribution in [0.5, 0.6) is 0 Å². The van der Waals surface area contributed by atoms with Crippen molar-refractivity contribution in [3.63, 3.8) is 0 Å². The quantitative estimate of drug-likeness (QED) is 0.926. The summed E-state index contributed by atoms with van der Waals surface area (Å²) in [6.07, 6.45) is 0.352. The Morgan fingerprint density at radius 2 is 2.27 bits per heavy atom. The highest BCUT2D eigenvalue weighted by molar-refractivity contribution is 9.10. The molecule has 15 heavy (non-hydrogen) atoms. The predicted molar refractivity (Wildman–Crippen MR) is 66.1 cm³/mol. The number of carbonyl (C=O) groups excluding carboxylic acids is 1. The molecule has 2 N–H and O–H groups in total. The minimum Gasteiger partial charge on any atom is -0.330 e. The summed E-state index contributed by atoms with van der Waals surface area (Å²) < 4.78 is 0.913. The van der Waals surface area contributed by atoms with Crippen LogP contribution in [0.15, 0.2) is 22.7 Å². The highest BCUT2D eigenvalue weighted by Gasteiger charge is 2.13. The van der Waals surface area contributed by atoms with Crippen LogP contribution < -0.4 is 5.73 Å². The maximum absolute atomic E-state index is 11.6. The Morgan fingerprint density at radius 3 is 2.80 bits per heavy atom. The fourth-order valence-corrected chi connectivity index (χ4v) is 1.90. The van der Waals surface area contributed by atoms with Crippen molar-refractivity contribution >= 4 is 33.3 Å². The Balaban J connectivity index is 2.77. The van der Waals surface area contributed by atoms with E-state index in [1.165, 1.54) is 0 Å². The van der Waals surface area contributed by atoms with Gasteiger partial charge in [-0.2, -0.15) is 0 Å². The maximum atomic E-state index is 11.6. The molecular formula is C11H13BrClNO. The number of rotatable bonds is 4. The number of hydrogen-bond donors (Lipinski definition) is 1. The van der Waals surface area contributed by atoms with E-state index < -0.39 is 0 Å². The molecule has 0 radical (unpaired) electrons. The van der Waals surface area contributed by atoms with Gasteiger partial charge in [-0.3, -0.25) is 4.79 Å². The van der Waals surface area contributed by atoms with Crippen molar-refractivity contribution in [3.8, 4) is 0 Å². The molecule has 1 atom stereocenters. The Kier molecular flexibility index (Phi) is 4.77. The highest BCUT2D eigenvalue weighted by atomic mass is 79.9. The molecule has 0 amide bonds. The van der Waals surface area contributed by atoms with E-state index in [2.05, 4.69) is 15.9 Å². The van der Waals surface area contributed by atoms with E-state index in [1.54, 1.807) is 6.07 Å². The van der Waals surface area contributed by atoms with Crippen molar-refractivity contribution in [1.29, 1.82) is 0 Å². The van der Waals surface area contributed by atoms with Crippen LogP contribution >= 0.6 is 27.5 Å². The zero-order chi connectivity index (χ0) is 11.4. The molecule has 1 unspecified atom stereocenters. The van der Waals surface area contributed by atoms with E-state index in [-0.39, 0.29) is 11.7 Å². The van der Waals surface area contributed by atoms with Crippen LogP contribution in [-0.2, 0) is 11.2 Å². The first kappa shape index (κ1) is 12.7. The number of carbonyl (C=O) groups is 1. The van der Waals surface area contributed by atoms with Gasteiger partial charge in [-0.1, -0.05) is 40.5 Å². The monoisotopic (exact) mass is 289 g/mol. The van der Waals surface area contributed by atoms with Crippen LogP contribution in [0.1, 0.15) is 12.5 Å². The summed E-state index contributed by atoms with van der Waals surface area (Å²) in [6.45, 7) is 2.21. The van der Waals surface area contributed by atoms with Crippen molar-refractivity contribution in [2.75, 3.05) is 6.54 Å². The third kappa shape index (κ3) is 3.59. The van der Waals surface area contributed by atoms with Gasteiger partial charge < -0.3 is 5.73 Å². The molecule has 0 bridgehead atoms. The molecular weight excluding hydrogens is 277 g/mol. The number of hydrogen-bond acceptors (Lipinski definition) is 2. The normalized spacial score (nSPS) is 12.5. The van der Waals surface area contributed by atoms with Crippen molar-refractivity contribution in [2.45, 2.75) is 13.3 Å². The van der Waals surface area contributed by atoms with Gasteiger partial charge in [0.15, 0.2) is 0 Å². The first-order valence-corrected chi connectivity index (χ1v) is 5.88. The fourth-order valence-electron chi connectivity index (χ4n) is 1.16. The summed E-state index contributed by atoms with van der Waals surface area (Å²) in [5.74, 6) is 0.0198. The third-order valence-electron chi connectivity index (χ3n) is 2.28. The van der Waals surface area contributed by atoms with Gasteiger partial charge in [-0.05, 0) is 17.7 Å². The summed E-state index contributed by atoms with van der Waals surface area (Å²) in [5.41, 5.74) is 6.28. The van der Waals surface area contributed by atoms with Gasteiger partial charge in [0.2, 0.25) is 0 Å². The van der Waals surface area contributed by atoms with Crippen molar-refractivity contribution < 1.29 is 4.79 Å². The number of Topliss-reactive ketones (excluding diaryl/α,β-unsaturated/α-hetero) is 1. The smallest absolute Gasteiger partial charge is 0.141 e. The van der Waals surface area contributed by atoms with E-state index in [0.717, 1.165) is 10.0 Å². The molecule has 82 valence electrons. The summed E-state index contributed by atoms with van der Waals surface area (Å²) >= 11 is 9.32. The zero-order valence-electron chi connectivity index (χ0n) is 8.47. The topological polar surface area (TPSA) is 43.1 Å². The van der Waals surface area contributed by atoms with Crippen LogP contribution in [0.3, 0.4) is 0 Å². The Labute approximate surface area is 103 Å². The lowest BCUT2D eigenvalue weighted by Gasteiger charge is -2.08. The predicted octanol–water partition coefficient (Wildman–Crippen LogP) is 2.81. The summed E-state index contributed by atoms with van der Waals surface area (Å²) in [5, 5.41) is 0.613. The second-order valence-corrected chi connectivity index (χ2v) is 4.84. The minimum atomic E-state index is -0.107. The molecule has 0 saturated heterocycles. The van der Waals surface area contributed by atoms with Crippen LogP contribution in [0.25, 0.3) is 0 Å². The average molecular weight is 291 g/mol. The lowest BCUT2D eigenvalue weighted by molar-refractivity contribution is -0.121. The van der Waals surface area contributed by atoms with E-state index >= 15 is 0 Å². The van der Waals surface area contributed by atoms with Gasteiger partial charge in [-0.25, -0.2) is 0 Å². The molecule has 0 spiro atoms. The number of ketones is 1. The van der Waals surface area contributed by atoms with Gasteiger partial charge in [0, 0.05) is 28.4 Å². The molecule has 0 aromatic heterocycles. The molecule has 0 saturated carbocycles. The lowest BCUT2D eigenvalue weighted by Crippen LogP contribution is -2.22. The Hall–Kier alpha value is -0.380. The molecule has 0 fully saturated rings. The van der Waals surface area contributed by atoms with Gasteiger partial charge in [-0.15, -0.1) is 0 Å². The van der Waals surface area contributed by atoms with Gasteiger partial charge in [0.25, 0.3) is 0 Å². The SMILES string of the molecule is CC(CN)C(=O)Cc1ccc(Br)cc1Cl. The van der Waals surface area contributed by atoms with Gasteiger partial charge >= 0.3 is 0 Å². The molecule has 0 heterocycles. The average Bonchev–Trinajstić information content (AvgIpc) is 2.20. The van der Waals surface area contributed by atoms with E-state index in [0.29, 0.717) is 18.0 Å². The zero-order valence-corrected chi connectivity index (χ0v) is 10.8. The van der Waals surface area contributed by atoms with Crippen LogP contribution in [-0.4, -0.2) is 12.3 Å². The Morgan fingerprint density at radius 1 is 1.60 bits per heavy atom. The molecule has 1 rings (SSSR count). The van der Waals surface area contributed by atoms with Crippen molar-refractivity contribution in [2.24, 2.45) is 11.7 Å². The van der Waals surface area contributed by atoms with Gasteiger partial charge in [0.05, 0.1) is 0 Å². The first-order chi connectivity index (χ1) is 7.04. The Bertz CT molecular complexity index is 368. The molecule has 0 aliphatic heterocycles. The largest absolute Gasteiger partial charge is 0.330 e. The fraction of sp³-hybridized carbons (Fsp3) is 0.364. The number of halogens is 2. The highest BCUT2D eigenvalue weighted by Crippen LogP contribution is 2.22. The number of nitrogens with two attached hydrogens (primary N) is 1. The minimum absolute atomic E-state index is 0.107. The molecule has 0 aliphatic carbocycles. The van der Waals surface area contributed by atoms with Crippen molar-refractivity contribution in [3.05, 3.63) is 33.3 Å². The summed E-state index contributed by atoms with van der Waals surface area (Å²) in [4.78, 5) is 11.6. The summed E-state index contributed by atoms with van der Waals surface area (Å²) in [7, 11) is 0. The lowest BCUT2D eigenvalue weighted by atomic mass is 10.00. The third-order valence-corrected chi connectivity index (χ3v) is 3.13. The molecule has 4 heteroatoms. The van der Waals surface area contributed by atoms with Crippen molar-refractivity contribution in [1.82, 2.24) is 0 Å². The standard InChI is InChI=1S/C11H13BrClNO/c1-7(6-14)11(15)4-8-2-3-9(12)5-10(8)13/h2-3,5,7H,4,6,14H2,1H3. The molecule has 0 aliphatic rings. The molecule has 1 aromatic carbocycles. The van der Waals surface area contributed by atoms with E-state index in [1.807, 2.05) is 19.1 Å².